The summed E-state index contributed by atoms with van der Waals surface area (Å²) < 4.78 is 0. The first kappa shape index (κ1) is 20.7. The molecular formula is C25H27N9. The van der Waals surface area contributed by atoms with Gasteiger partial charge < -0.3 is 15.2 Å². The molecule has 34 heavy (non-hydrogen) atoms. The quantitative estimate of drug-likeness (QED) is 0.355. The van der Waals surface area contributed by atoms with Gasteiger partial charge in [-0.2, -0.15) is 5.10 Å². The summed E-state index contributed by atoms with van der Waals surface area (Å²) in [5, 5.41) is 11.0. The van der Waals surface area contributed by atoms with Gasteiger partial charge in [0.05, 0.1) is 16.9 Å². The molecule has 3 N–H and O–H groups in total. The fourth-order valence-electron chi connectivity index (χ4n) is 4.63. The van der Waals surface area contributed by atoms with Crippen molar-refractivity contribution >= 4 is 27.9 Å². The van der Waals surface area contributed by atoms with E-state index in [1.807, 2.05) is 30.7 Å². The Bertz CT molecular complexity index is 1450. The fraction of sp³-hybridized carbons (Fsp3) is 0.320. The van der Waals surface area contributed by atoms with Gasteiger partial charge in [-0.05, 0) is 55.6 Å². The second-order valence-corrected chi connectivity index (χ2v) is 8.69. The highest BCUT2D eigenvalue weighted by atomic mass is 15.2. The van der Waals surface area contributed by atoms with Crippen LogP contribution in [0.25, 0.3) is 45.0 Å². The first-order valence-corrected chi connectivity index (χ1v) is 11.9. The van der Waals surface area contributed by atoms with Crippen LogP contribution in [-0.4, -0.2) is 54.8 Å². The summed E-state index contributed by atoms with van der Waals surface area (Å²) in [7, 11) is 0. The van der Waals surface area contributed by atoms with Gasteiger partial charge in [-0.3, -0.25) is 10.1 Å². The van der Waals surface area contributed by atoms with Gasteiger partial charge in [0.15, 0.2) is 17.2 Å². The van der Waals surface area contributed by atoms with Gasteiger partial charge in [0, 0.05) is 43.8 Å². The number of pyridine rings is 3. The number of fused-ring (bicyclic) bond motifs is 2. The van der Waals surface area contributed by atoms with E-state index in [0.29, 0.717) is 17.2 Å². The van der Waals surface area contributed by atoms with E-state index in [4.69, 9.17) is 9.97 Å². The number of rotatable bonds is 6. The Balaban J connectivity index is 1.40. The molecule has 0 spiro atoms. The monoisotopic (exact) mass is 453 g/mol. The second kappa shape index (κ2) is 8.83. The minimum atomic E-state index is 0.668. The van der Waals surface area contributed by atoms with Crippen LogP contribution in [0, 0.1) is 0 Å². The zero-order chi connectivity index (χ0) is 22.9. The Labute approximate surface area is 197 Å². The third-order valence-electron chi connectivity index (χ3n) is 6.37. The summed E-state index contributed by atoms with van der Waals surface area (Å²) >= 11 is 0. The van der Waals surface area contributed by atoms with Crippen molar-refractivity contribution in [2.45, 2.75) is 32.7 Å². The van der Waals surface area contributed by atoms with Crippen molar-refractivity contribution in [1.82, 2.24) is 40.4 Å². The molecule has 9 heteroatoms. The lowest BCUT2D eigenvalue weighted by molar-refractivity contribution is 0.578. The molecule has 1 saturated heterocycles. The molecule has 0 aliphatic carbocycles. The standard InChI is InChI=1S/C25H27N9/c1-2-26-13-16-12-17(15-27-14-16)18-6-7-19-21(29-18)23(33-32-19)25-30-22-20(8-9-28-24(22)31-25)34-10-4-3-5-11-34/h6-9,12,14-15,26H,2-5,10-11,13H2,1H3,(H,32,33)(H,28,30,31). The van der Waals surface area contributed by atoms with Crippen LogP contribution in [0.15, 0.2) is 42.9 Å². The first-order valence-electron chi connectivity index (χ1n) is 11.9. The number of nitrogens with one attached hydrogen (secondary N) is 3. The minimum Gasteiger partial charge on any atom is -0.370 e. The van der Waals surface area contributed by atoms with Crippen LogP contribution in [-0.2, 0) is 6.54 Å². The maximum atomic E-state index is 4.94. The maximum absolute atomic E-state index is 4.94. The van der Waals surface area contributed by atoms with Crippen molar-refractivity contribution in [3.8, 4) is 22.8 Å². The number of anilines is 1. The molecule has 6 rings (SSSR count). The van der Waals surface area contributed by atoms with Gasteiger partial charge in [-0.15, -0.1) is 0 Å². The smallest absolute Gasteiger partial charge is 0.180 e. The number of aromatic nitrogens is 7. The largest absolute Gasteiger partial charge is 0.370 e. The Kier molecular flexibility index (Phi) is 5.38. The molecule has 0 aromatic carbocycles. The van der Waals surface area contributed by atoms with Crippen molar-refractivity contribution in [2.75, 3.05) is 24.5 Å². The Hall–Kier alpha value is -3.85. The second-order valence-electron chi connectivity index (χ2n) is 8.69. The van der Waals surface area contributed by atoms with Crippen LogP contribution in [0.1, 0.15) is 31.7 Å². The van der Waals surface area contributed by atoms with Crippen LogP contribution in [0.5, 0.6) is 0 Å². The average molecular weight is 454 g/mol. The molecule has 1 fully saturated rings. The number of imidazole rings is 1. The maximum Gasteiger partial charge on any atom is 0.180 e. The highest BCUT2D eigenvalue weighted by Gasteiger charge is 2.19. The number of nitrogens with zero attached hydrogens (tertiary/aromatic N) is 6. The molecule has 0 atom stereocenters. The van der Waals surface area contributed by atoms with Crippen LogP contribution >= 0.6 is 0 Å². The number of aromatic amines is 2. The van der Waals surface area contributed by atoms with Gasteiger partial charge in [0.2, 0.25) is 0 Å². The molecule has 5 aromatic rings. The first-order chi connectivity index (χ1) is 16.8. The molecule has 9 nitrogen and oxygen atoms in total. The Morgan fingerprint density at radius 1 is 1.06 bits per heavy atom. The van der Waals surface area contributed by atoms with Gasteiger partial charge in [-0.25, -0.2) is 15.0 Å². The van der Waals surface area contributed by atoms with Crippen LogP contribution < -0.4 is 10.2 Å². The molecule has 0 bridgehead atoms. The predicted octanol–water partition coefficient (Wildman–Crippen LogP) is 4.06. The van der Waals surface area contributed by atoms with Crippen molar-refractivity contribution in [3.05, 3.63) is 48.4 Å². The summed E-state index contributed by atoms with van der Waals surface area (Å²) in [4.78, 5) is 24.5. The van der Waals surface area contributed by atoms with E-state index in [1.165, 1.54) is 19.3 Å². The molecule has 6 heterocycles. The summed E-state index contributed by atoms with van der Waals surface area (Å²) in [5.74, 6) is 0.668. The predicted molar refractivity (Wildman–Crippen MR) is 133 cm³/mol. The van der Waals surface area contributed by atoms with Crippen LogP contribution in [0.2, 0.25) is 0 Å². The van der Waals surface area contributed by atoms with Gasteiger partial charge in [0.25, 0.3) is 0 Å². The van der Waals surface area contributed by atoms with Crippen molar-refractivity contribution in [1.29, 1.82) is 0 Å². The molecule has 0 saturated carbocycles. The summed E-state index contributed by atoms with van der Waals surface area (Å²) in [5.41, 5.74) is 8.08. The van der Waals surface area contributed by atoms with Gasteiger partial charge in [-0.1, -0.05) is 6.92 Å². The third-order valence-corrected chi connectivity index (χ3v) is 6.37. The van der Waals surface area contributed by atoms with E-state index >= 15 is 0 Å². The van der Waals surface area contributed by atoms with Gasteiger partial charge in [0.1, 0.15) is 11.0 Å². The van der Waals surface area contributed by atoms with Crippen molar-refractivity contribution in [2.24, 2.45) is 0 Å². The number of piperidine rings is 1. The lowest BCUT2D eigenvalue weighted by atomic mass is 10.1. The molecule has 172 valence electrons. The lowest BCUT2D eigenvalue weighted by Crippen LogP contribution is -2.29. The minimum absolute atomic E-state index is 0.668. The highest BCUT2D eigenvalue weighted by Crippen LogP contribution is 2.31. The normalized spacial score (nSPS) is 14.3. The van der Waals surface area contributed by atoms with E-state index in [9.17, 15) is 0 Å². The molecular weight excluding hydrogens is 426 g/mol. The molecule has 0 amide bonds. The van der Waals surface area contributed by atoms with Crippen molar-refractivity contribution in [3.63, 3.8) is 0 Å². The molecule has 1 aliphatic rings. The Morgan fingerprint density at radius 2 is 1.97 bits per heavy atom. The molecule has 0 unspecified atom stereocenters. The molecule has 0 radical (unpaired) electrons. The number of hydrogen-bond donors (Lipinski definition) is 3. The highest BCUT2D eigenvalue weighted by molar-refractivity contribution is 5.93. The molecule has 1 aliphatic heterocycles. The van der Waals surface area contributed by atoms with E-state index in [2.05, 4.69) is 54.4 Å². The third kappa shape index (κ3) is 3.77. The average Bonchev–Trinajstić information content (AvgIpc) is 3.51. The van der Waals surface area contributed by atoms with E-state index in [0.717, 1.165) is 65.2 Å². The SMILES string of the molecule is CCNCc1cncc(-c2ccc3[nH]nc(-c4nc5nccc(N6CCCCC6)c5[nH]4)c3n2)c1. The summed E-state index contributed by atoms with van der Waals surface area (Å²) in [6.45, 7) is 5.91. The van der Waals surface area contributed by atoms with E-state index < -0.39 is 0 Å². The van der Waals surface area contributed by atoms with E-state index in [1.54, 1.807) is 0 Å². The van der Waals surface area contributed by atoms with Crippen molar-refractivity contribution < 1.29 is 0 Å². The number of H-pyrrole nitrogens is 2. The zero-order valence-electron chi connectivity index (χ0n) is 19.2. The summed E-state index contributed by atoms with van der Waals surface area (Å²) in [6.07, 6.45) is 9.29. The fourth-order valence-corrected chi connectivity index (χ4v) is 4.63. The Morgan fingerprint density at radius 3 is 2.85 bits per heavy atom. The topological polar surface area (TPSA) is 111 Å². The number of hydrogen-bond acceptors (Lipinski definition) is 7. The zero-order valence-corrected chi connectivity index (χ0v) is 19.2. The van der Waals surface area contributed by atoms with Gasteiger partial charge >= 0.3 is 0 Å². The van der Waals surface area contributed by atoms with Crippen LogP contribution in [0.4, 0.5) is 5.69 Å². The van der Waals surface area contributed by atoms with Crippen LogP contribution in [0.3, 0.4) is 0 Å². The summed E-state index contributed by atoms with van der Waals surface area (Å²) in [6, 6.07) is 8.19. The van der Waals surface area contributed by atoms with E-state index in [-0.39, 0.29) is 0 Å². The lowest BCUT2D eigenvalue weighted by Gasteiger charge is -2.28. The molecule has 5 aromatic heterocycles.